The summed E-state index contributed by atoms with van der Waals surface area (Å²) < 4.78 is 0. The van der Waals surface area contributed by atoms with Crippen molar-refractivity contribution in [2.24, 2.45) is 17.8 Å². The fourth-order valence-electron chi connectivity index (χ4n) is 3.27. The fraction of sp³-hybridized carbons (Fsp3) is 1.00. The average Bonchev–Trinajstić information content (AvgIpc) is 2.60. The minimum Gasteiger partial charge on any atom is -0.300 e. The highest BCUT2D eigenvalue weighted by atomic mass is 15.2. The van der Waals surface area contributed by atoms with Crippen LogP contribution in [0.5, 0.6) is 0 Å². The second-order valence-electron chi connectivity index (χ2n) is 4.90. The number of nitrogens with zero attached hydrogens (tertiary/aromatic N) is 1. The van der Waals surface area contributed by atoms with Crippen molar-refractivity contribution in [3.63, 3.8) is 0 Å². The molecule has 2 fully saturated rings. The molecular formula is C11H21N. The second-order valence-corrected chi connectivity index (χ2v) is 4.90. The first-order chi connectivity index (χ1) is 5.72. The van der Waals surface area contributed by atoms with E-state index in [9.17, 15) is 0 Å². The van der Waals surface area contributed by atoms with Gasteiger partial charge in [-0.05, 0) is 37.1 Å². The van der Waals surface area contributed by atoms with Crippen LogP contribution in [0.2, 0.25) is 0 Å². The minimum absolute atomic E-state index is 0.898. The quantitative estimate of drug-likeness (QED) is 0.610. The summed E-state index contributed by atoms with van der Waals surface area (Å²) in [6.07, 6.45) is 3.01. The van der Waals surface area contributed by atoms with Gasteiger partial charge in [-0.3, -0.25) is 0 Å². The van der Waals surface area contributed by atoms with Crippen molar-refractivity contribution in [2.45, 2.75) is 39.7 Å². The largest absolute Gasteiger partial charge is 0.300 e. The van der Waals surface area contributed by atoms with Gasteiger partial charge in [0.15, 0.2) is 0 Å². The molecule has 1 nitrogen and oxygen atoms in total. The van der Waals surface area contributed by atoms with E-state index < -0.39 is 0 Å². The van der Waals surface area contributed by atoms with Gasteiger partial charge >= 0.3 is 0 Å². The van der Waals surface area contributed by atoms with E-state index in [4.69, 9.17) is 0 Å². The molecule has 2 aliphatic rings. The van der Waals surface area contributed by atoms with Gasteiger partial charge < -0.3 is 4.90 Å². The highest BCUT2D eigenvalue weighted by molar-refractivity contribution is 4.98. The summed E-state index contributed by atoms with van der Waals surface area (Å²) in [5.41, 5.74) is 0. The number of likely N-dealkylation sites (tertiary alicyclic amines) is 1. The van der Waals surface area contributed by atoms with Crippen molar-refractivity contribution in [2.75, 3.05) is 13.1 Å². The van der Waals surface area contributed by atoms with Crippen molar-refractivity contribution in [3.8, 4) is 0 Å². The Hall–Kier alpha value is -0.0400. The van der Waals surface area contributed by atoms with Gasteiger partial charge in [0, 0.05) is 12.6 Å². The molecule has 1 saturated carbocycles. The van der Waals surface area contributed by atoms with Crippen LogP contribution in [0.15, 0.2) is 0 Å². The van der Waals surface area contributed by atoms with E-state index >= 15 is 0 Å². The molecule has 1 heterocycles. The van der Waals surface area contributed by atoms with Crippen molar-refractivity contribution in [1.82, 2.24) is 4.90 Å². The third-order valence-electron chi connectivity index (χ3n) is 3.90. The zero-order valence-electron chi connectivity index (χ0n) is 8.59. The zero-order valence-corrected chi connectivity index (χ0v) is 8.59. The number of piperidine rings is 1. The number of fused-ring (bicyclic) bond motifs is 2. The zero-order chi connectivity index (χ0) is 8.72. The molecule has 0 aromatic rings. The standard InChI is InChI=1S/C11H21N/c1-4-12-7-9-5-10(8(2)3)11(12)6-9/h8-11H,4-7H2,1-3H3. The van der Waals surface area contributed by atoms with Gasteiger partial charge in [0.25, 0.3) is 0 Å². The Morgan fingerprint density at radius 3 is 2.58 bits per heavy atom. The first-order valence-corrected chi connectivity index (χ1v) is 5.46. The Morgan fingerprint density at radius 2 is 2.08 bits per heavy atom. The Labute approximate surface area is 76.1 Å². The molecule has 0 spiro atoms. The maximum Gasteiger partial charge on any atom is 0.0129 e. The topological polar surface area (TPSA) is 3.24 Å². The molecule has 3 atom stereocenters. The monoisotopic (exact) mass is 167 g/mol. The number of hydrogen-bond acceptors (Lipinski definition) is 1. The van der Waals surface area contributed by atoms with Gasteiger partial charge in [0.1, 0.15) is 0 Å². The van der Waals surface area contributed by atoms with Crippen molar-refractivity contribution in [3.05, 3.63) is 0 Å². The van der Waals surface area contributed by atoms with Crippen LogP contribution in [0.4, 0.5) is 0 Å². The predicted octanol–water partition coefficient (Wildman–Crippen LogP) is 2.37. The molecule has 3 unspecified atom stereocenters. The van der Waals surface area contributed by atoms with Gasteiger partial charge in [-0.2, -0.15) is 0 Å². The molecule has 1 heteroatoms. The molecule has 12 heavy (non-hydrogen) atoms. The summed E-state index contributed by atoms with van der Waals surface area (Å²) in [5.74, 6) is 2.94. The van der Waals surface area contributed by atoms with Gasteiger partial charge in [-0.1, -0.05) is 20.8 Å². The summed E-state index contributed by atoms with van der Waals surface area (Å²) in [5, 5.41) is 0. The SMILES string of the molecule is CCN1CC2CC(C(C)C)C1C2. The lowest BCUT2D eigenvalue weighted by molar-refractivity contribution is 0.135. The fourth-order valence-corrected chi connectivity index (χ4v) is 3.27. The molecule has 1 saturated heterocycles. The molecule has 1 aliphatic carbocycles. The van der Waals surface area contributed by atoms with Crippen LogP contribution in [0.1, 0.15) is 33.6 Å². The number of rotatable bonds is 2. The van der Waals surface area contributed by atoms with Crippen LogP contribution in [-0.2, 0) is 0 Å². The Bertz CT molecular complexity index is 164. The summed E-state index contributed by atoms with van der Waals surface area (Å²) >= 11 is 0. The van der Waals surface area contributed by atoms with Gasteiger partial charge in [-0.25, -0.2) is 0 Å². The predicted molar refractivity (Wildman–Crippen MR) is 52.1 cm³/mol. The number of hydrogen-bond donors (Lipinski definition) is 0. The first kappa shape index (κ1) is 8.55. The van der Waals surface area contributed by atoms with Gasteiger partial charge in [0.05, 0.1) is 0 Å². The molecule has 0 aromatic carbocycles. The maximum absolute atomic E-state index is 2.69. The Balaban J connectivity index is 2.04. The van der Waals surface area contributed by atoms with E-state index in [1.807, 2.05) is 0 Å². The lowest BCUT2D eigenvalue weighted by atomic mass is 9.87. The molecule has 1 aliphatic heterocycles. The molecule has 70 valence electrons. The Morgan fingerprint density at radius 1 is 1.33 bits per heavy atom. The smallest absolute Gasteiger partial charge is 0.0129 e. The molecule has 0 amide bonds. The molecule has 0 aromatic heterocycles. The van der Waals surface area contributed by atoms with Crippen LogP contribution in [-0.4, -0.2) is 24.0 Å². The highest BCUT2D eigenvalue weighted by Gasteiger charge is 2.44. The average molecular weight is 167 g/mol. The second kappa shape index (κ2) is 3.02. The van der Waals surface area contributed by atoms with Crippen LogP contribution in [0, 0.1) is 17.8 Å². The van der Waals surface area contributed by atoms with Crippen LogP contribution in [0.25, 0.3) is 0 Å². The normalized spacial score (nSPS) is 41.5. The molecule has 0 radical (unpaired) electrons. The third kappa shape index (κ3) is 1.19. The van der Waals surface area contributed by atoms with E-state index in [0.717, 1.165) is 23.8 Å². The van der Waals surface area contributed by atoms with Crippen molar-refractivity contribution in [1.29, 1.82) is 0 Å². The van der Waals surface area contributed by atoms with Gasteiger partial charge in [0.2, 0.25) is 0 Å². The summed E-state index contributed by atoms with van der Waals surface area (Å²) in [4.78, 5) is 2.69. The van der Waals surface area contributed by atoms with Crippen molar-refractivity contribution >= 4 is 0 Å². The first-order valence-electron chi connectivity index (χ1n) is 5.46. The highest BCUT2D eigenvalue weighted by Crippen LogP contribution is 2.44. The summed E-state index contributed by atoms with van der Waals surface area (Å²) in [6, 6.07) is 0.944. The van der Waals surface area contributed by atoms with E-state index in [-0.39, 0.29) is 0 Å². The lowest BCUT2D eigenvalue weighted by Gasteiger charge is -2.34. The van der Waals surface area contributed by atoms with Crippen molar-refractivity contribution < 1.29 is 0 Å². The molecule has 2 bridgehead atoms. The molecule has 2 rings (SSSR count). The van der Waals surface area contributed by atoms with E-state index in [1.165, 1.54) is 25.9 Å². The van der Waals surface area contributed by atoms with E-state index in [0.29, 0.717) is 0 Å². The Kier molecular flexibility index (Phi) is 2.16. The van der Waals surface area contributed by atoms with Crippen LogP contribution >= 0.6 is 0 Å². The van der Waals surface area contributed by atoms with Crippen LogP contribution < -0.4 is 0 Å². The summed E-state index contributed by atoms with van der Waals surface area (Å²) in [7, 11) is 0. The molecule has 0 N–H and O–H groups in total. The minimum atomic E-state index is 0.898. The van der Waals surface area contributed by atoms with Crippen LogP contribution in [0.3, 0.4) is 0 Å². The molecular weight excluding hydrogens is 146 g/mol. The maximum atomic E-state index is 2.69. The van der Waals surface area contributed by atoms with E-state index in [2.05, 4.69) is 25.7 Å². The summed E-state index contributed by atoms with van der Waals surface area (Å²) in [6.45, 7) is 9.74. The lowest BCUT2D eigenvalue weighted by Crippen LogP contribution is -2.39. The van der Waals surface area contributed by atoms with E-state index in [1.54, 1.807) is 0 Å². The van der Waals surface area contributed by atoms with Gasteiger partial charge in [-0.15, -0.1) is 0 Å². The third-order valence-corrected chi connectivity index (χ3v) is 3.90.